The Morgan fingerprint density at radius 1 is 1.30 bits per heavy atom. The Balaban J connectivity index is 2.17. The predicted molar refractivity (Wildman–Crippen MR) is 70.5 cm³/mol. The minimum Gasteiger partial charge on any atom is -0.480 e. The molecule has 7 nitrogen and oxygen atoms in total. The number of H-pyrrole nitrogens is 1. The van der Waals surface area contributed by atoms with Gasteiger partial charge in [0, 0.05) is 0 Å². The lowest BCUT2D eigenvalue weighted by Gasteiger charge is -2.14. The number of hydrogen-bond acceptors (Lipinski definition) is 4. The number of nitrogens with one attached hydrogen (secondary N) is 2. The van der Waals surface area contributed by atoms with Gasteiger partial charge < -0.3 is 5.11 Å². The first-order chi connectivity index (χ1) is 9.49. The second-order valence-electron chi connectivity index (χ2n) is 4.12. The van der Waals surface area contributed by atoms with E-state index in [9.17, 15) is 13.2 Å². The summed E-state index contributed by atoms with van der Waals surface area (Å²) in [5.41, 5.74) is 0.729. The molecule has 0 amide bonds. The normalized spacial score (nSPS) is 13.0. The molecule has 106 valence electrons. The minimum absolute atomic E-state index is 0.0591. The Kier molecular flexibility index (Phi) is 4.16. The monoisotopic (exact) mass is 295 g/mol. The molecule has 0 bridgehead atoms. The van der Waals surface area contributed by atoms with Gasteiger partial charge in [0.15, 0.2) is 5.03 Å². The molecule has 0 saturated carbocycles. The van der Waals surface area contributed by atoms with Gasteiger partial charge in [-0.3, -0.25) is 9.89 Å². The zero-order valence-corrected chi connectivity index (χ0v) is 11.2. The van der Waals surface area contributed by atoms with Crippen molar-refractivity contribution in [1.82, 2.24) is 14.9 Å². The van der Waals surface area contributed by atoms with E-state index < -0.39 is 22.0 Å². The highest BCUT2D eigenvalue weighted by atomic mass is 32.2. The number of aliphatic carboxylic acids is 1. The molecule has 0 aliphatic heterocycles. The first-order valence-electron chi connectivity index (χ1n) is 5.77. The van der Waals surface area contributed by atoms with Crippen LogP contribution in [-0.2, 0) is 21.2 Å². The van der Waals surface area contributed by atoms with Crippen LogP contribution in [0, 0.1) is 0 Å². The van der Waals surface area contributed by atoms with Gasteiger partial charge in [0.05, 0.1) is 6.20 Å². The van der Waals surface area contributed by atoms with Crippen molar-refractivity contribution in [2.24, 2.45) is 0 Å². The van der Waals surface area contributed by atoms with Crippen molar-refractivity contribution in [3.05, 3.63) is 48.2 Å². The molecule has 0 saturated heterocycles. The molecule has 1 aromatic heterocycles. The average Bonchev–Trinajstić information content (AvgIpc) is 2.93. The smallest absolute Gasteiger partial charge is 0.322 e. The standard InChI is InChI=1S/C12H13N3O4S/c16-12(17)10(8-9-4-2-1-3-5-9)15-20(18,19)11-6-7-13-14-11/h1-7,10,15H,8H2,(H,13,14)(H,16,17). The Hall–Kier alpha value is -2.19. The molecule has 1 heterocycles. The van der Waals surface area contributed by atoms with Crippen LogP contribution in [-0.4, -0.2) is 35.7 Å². The molecule has 0 aliphatic rings. The third kappa shape index (κ3) is 3.43. The van der Waals surface area contributed by atoms with Crippen LogP contribution < -0.4 is 4.72 Å². The van der Waals surface area contributed by atoms with Crippen molar-refractivity contribution < 1.29 is 18.3 Å². The van der Waals surface area contributed by atoms with Crippen LogP contribution in [0.25, 0.3) is 0 Å². The van der Waals surface area contributed by atoms with E-state index in [-0.39, 0.29) is 11.4 Å². The molecule has 8 heteroatoms. The van der Waals surface area contributed by atoms with E-state index in [4.69, 9.17) is 5.11 Å². The molecule has 1 aromatic carbocycles. The molecule has 1 unspecified atom stereocenters. The quantitative estimate of drug-likeness (QED) is 0.713. The molecule has 0 spiro atoms. The number of carboxylic acids is 1. The van der Waals surface area contributed by atoms with E-state index in [1.165, 1.54) is 12.3 Å². The molecule has 1 atom stereocenters. The van der Waals surface area contributed by atoms with Gasteiger partial charge in [-0.1, -0.05) is 30.3 Å². The summed E-state index contributed by atoms with van der Waals surface area (Å²) in [4.78, 5) is 11.2. The van der Waals surface area contributed by atoms with Crippen LogP contribution in [0.1, 0.15) is 5.56 Å². The van der Waals surface area contributed by atoms with Crippen LogP contribution in [0.3, 0.4) is 0 Å². The fourth-order valence-electron chi connectivity index (χ4n) is 1.67. The summed E-state index contributed by atoms with van der Waals surface area (Å²) in [6.45, 7) is 0. The predicted octanol–water partition coefficient (Wildman–Crippen LogP) is 0.384. The van der Waals surface area contributed by atoms with Gasteiger partial charge in [0.25, 0.3) is 10.0 Å². The summed E-state index contributed by atoms with van der Waals surface area (Å²) in [6.07, 6.45) is 1.34. The molecule has 0 radical (unpaired) electrons. The lowest BCUT2D eigenvalue weighted by Crippen LogP contribution is -2.42. The van der Waals surface area contributed by atoms with Crippen molar-refractivity contribution in [3.63, 3.8) is 0 Å². The van der Waals surface area contributed by atoms with Crippen LogP contribution in [0.15, 0.2) is 47.6 Å². The maximum Gasteiger partial charge on any atom is 0.322 e. The lowest BCUT2D eigenvalue weighted by atomic mass is 10.1. The van der Waals surface area contributed by atoms with Gasteiger partial charge in [-0.05, 0) is 18.1 Å². The number of carboxylic acid groups (broad SMARTS) is 1. The second kappa shape index (κ2) is 5.85. The lowest BCUT2D eigenvalue weighted by molar-refractivity contribution is -0.138. The van der Waals surface area contributed by atoms with Gasteiger partial charge >= 0.3 is 5.97 Å². The minimum atomic E-state index is -3.93. The summed E-state index contributed by atoms with van der Waals surface area (Å²) in [7, 11) is -3.93. The maximum absolute atomic E-state index is 12.0. The van der Waals surface area contributed by atoms with Crippen molar-refractivity contribution in [2.75, 3.05) is 0 Å². The fraction of sp³-hybridized carbons (Fsp3) is 0.167. The zero-order chi connectivity index (χ0) is 14.6. The van der Waals surface area contributed by atoms with Gasteiger partial charge in [-0.2, -0.15) is 9.82 Å². The summed E-state index contributed by atoms with van der Waals surface area (Å²) in [5.74, 6) is -1.24. The molecular weight excluding hydrogens is 282 g/mol. The Morgan fingerprint density at radius 3 is 2.55 bits per heavy atom. The number of benzene rings is 1. The zero-order valence-electron chi connectivity index (χ0n) is 10.4. The van der Waals surface area contributed by atoms with Gasteiger partial charge in [-0.25, -0.2) is 8.42 Å². The molecule has 3 N–H and O–H groups in total. The molecule has 0 aliphatic carbocycles. The van der Waals surface area contributed by atoms with E-state index >= 15 is 0 Å². The summed E-state index contributed by atoms with van der Waals surface area (Å²) >= 11 is 0. The second-order valence-corrected chi connectivity index (χ2v) is 5.81. The van der Waals surface area contributed by atoms with E-state index in [1.807, 2.05) is 0 Å². The number of nitrogens with zero attached hydrogens (tertiary/aromatic N) is 1. The van der Waals surface area contributed by atoms with Gasteiger partial charge in [0.2, 0.25) is 0 Å². The highest BCUT2D eigenvalue weighted by molar-refractivity contribution is 7.89. The van der Waals surface area contributed by atoms with Crippen LogP contribution in [0.2, 0.25) is 0 Å². The van der Waals surface area contributed by atoms with Crippen LogP contribution in [0.4, 0.5) is 0 Å². The topological polar surface area (TPSA) is 112 Å². The maximum atomic E-state index is 12.0. The number of hydrogen-bond donors (Lipinski definition) is 3. The molecule has 20 heavy (non-hydrogen) atoms. The van der Waals surface area contributed by atoms with E-state index in [2.05, 4.69) is 14.9 Å². The van der Waals surface area contributed by atoms with Crippen LogP contribution >= 0.6 is 0 Å². The fourth-order valence-corrected chi connectivity index (χ4v) is 2.77. The highest BCUT2D eigenvalue weighted by Crippen LogP contribution is 2.08. The summed E-state index contributed by atoms with van der Waals surface area (Å²) in [5, 5.41) is 14.8. The van der Waals surface area contributed by atoms with Crippen molar-refractivity contribution >= 4 is 16.0 Å². The van der Waals surface area contributed by atoms with Crippen LogP contribution in [0.5, 0.6) is 0 Å². The van der Waals surface area contributed by atoms with Gasteiger partial charge in [0.1, 0.15) is 6.04 Å². The summed E-state index contributed by atoms with van der Waals surface area (Å²) < 4.78 is 26.1. The van der Waals surface area contributed by atoms with E-state index in [0.717, 1.165) is 5.56 Å². The van der Waals surface area contributed by atoms with Crippen molar-refractivity contribution in [3.8, 4) is 0 Å². The third-order valence-corrected chi connectivity index (χ3v) is 4.04. The number of aromatic nitrogens is 2. The van der Waals surface area contributed by atoms with Gasteiger partial charge in [-0.15, -0.1) is 0 Å². The first-order valence-corrected chi connectivity index (χ1v) is 7.26. The number of sulfonamides is 1. The SMILES string of the molecule is O=C(O)C(Cc1ccccc1)NS(=O)(=O)c1ccn[nH]1. The van der Waals surface area contributed by atoms with E-state index in [0.29, 0.717) is 0 Å². The largest absolute Gasteiger partial charge is 0.480 e. The molecule has 2 aromatic rings. The Bertz CT molecular complexity index is 668. The highest BCUT2D eigenvalue weighted by Gasteiger charge is 2.26. The van der Waals surface area contributed by atoms with Crippen molar-refractivity contribution in [2.45, 2.75) is 17.5 Å². The first kappa shape index (κ1) is 14.2. The molecule has 0 fully saturated rings. The average molecular weight is 295 g/mol. The number of carbonyl (C=O) groups is 1. The summed E-state index contributed by atoms with van der Waals surface area (Å²) in [6, 6.07) is 8.80. The molecular formula is C12H13N3O4S. The Morgan fingerprint density at radius 2 is 2.00 bits per heavy atom. The number of aromatic amines is 1. The third-order valence-electron chi connectivity index (χ3n) is 2.64. The van der Waals surface area contributed by atoms with Crippen molar-refractivity contribution in [1.29, 1.82) is 0 Å². The number of rotatable bonds is 6. The Labute approximate surface area is 115 Å². The molecule has 2 rings (SSSR count). The van der Waals surface area contributed by atoms with E-state index in [1.54, 1.807) is 30.3 Å².